The van der Waals surface area contributed by atoms with E-state index in [1.807, 2.05) is 0 Å². The Labute approximate surface area is 94.4 Å². The molecule has 1 N–H and O–H groups in total. The summed E-state index contributed by atoms with van der Waals surface area (Å²) >= 11 is 0. The molecule has 0 aromatic carbocycles. The van der Waals surface area contributed by atoms with Crippen molar-refractivity contribution in [3.63, 3.8) is 0 Å². The molecule has 1 heterocycles. The Kier molecular flexibility index (Phi) is 4.67. The van der Waals surface area contributed by atoms with Gasteiger partial charge in [-0.05, 0) is 6.92 Å². The van der Waals surface area contributed by atoms with Gasteiger partial charge >= 0.3 is 5.97 Å². The van der Waals surface area contributed by atoms with Crippen molar-refractivity contribution in [2.45, 2.75) is 44.6 Å². The van der Waals surface area contributed by atoms with Gasteiger partial charge in [0, 0.05) is 21.1 Å². The van der Waals surface area contributed by atoms with Crippen molar-refractivity contribution in [1.29, 1.82) is 0 Å². The first-order chi connectivity index (χ1) is 7.51. The summed E-state index contributed by atoms with van der Waals surface area (Å²) in [6, 6.07) is 0. The van der Waals surface area contributed by atoms with Crippen LogP contribution in [0.15, 0.2) is 0 Å². The maximum atomic E-state index is 10.9. The van der Waals surface area contributed by atoms with Crippen LogP contribution in [0.4, 0.5) is 0 Å². The monoisotopic (exact) mass is 234 g/mol. The van der Waals surface area contributed by atoms with Crippen LogP contribution in [0.2, 0.25) is 0 Å². The fourth-order valence-electron chi connectivity index (χ4n) is 1.90. The van der Waals surface area contributed by atoms with Crippen molar-refractivity contribution in [3.8, 4) is 0 Å². The highest BCUT2D eigenvalue weighted by atomic mass is 16.7. The van der Waals surface area contributed by atoms with Crippen molar-refractivity contribution in [1.82, 2.24) is 0 Å². The average Bonchev–Trinajstić information content (AvgIpc) is 2.20. The van der Waals surface area contributed by atoms with E-state index in [4.69, 9.17) is 18.9 Å². The van der Waals surface area contributed by atoms with E-state index in [1.54, 1.807) is 6.92 Å². The molecule has 1 aliphatic heterocycles. The van der Waals surface area contributed by atoms with E-state index in [2.05, 4.69) is 0 Å². The van der Waals surface area contributed by atoms with Crippen molar-refractivity contribution in [2.75, 3.05) is 14.2 Å². The van der Waals surface area contributed by atoms with Gasteiger partial charge in [-0.2, -0.15) is 0 Å². The molecule has 16 heavy (non-hydrogen) atoms. The summed E-state index contributed by atoms with van der Waals surface area (Å²) in [4.78, 5) is 10.9. The molecule has 0 saturated carbocycles. The van der Waals surface area contributed by atoms with Crippen LogP contribution >= 0.6 is 0 Å². The van der Waals surface area contributed by atoms with Crippen LogP contribution in [0.3, 0.4) is 0 Å². The summed E-state index contributed by atoms with van der Waals surface area (Å²) in [7, 11) is 2.98. The highest BCUT2D eigenvalue weighted by molar-refractivity contribution is 5.66. The lowest BCUT2D eigenvalue weighted by atomic mass is 9.99. The van der Waals surface area contributed by atoms with E-state index in [0.717, 1.165) is 0 Å². The Morgan fingerprint density at radius 3 is 2.19 bits per heavy atom. The molecule has 0 radical (unpaired) electrons. The molecule has 0 aromatic heterocycles. The average molecular weight is 234 g/mol. The molecule has 6 nitrogen and oxygen atoms in total. The lowest BCUT2D eigenvalue weighted by Gasteiger charge is -2.41. The number of hydrogen-bond donors (Lipinski definition) is 1. The standard InChI is InChI=1S/C10H18O6/c1-5-7(13-3)8(14-4)9(10(12)15-5)16-6(2)11/h5,7-10,12H,1-4H3/t5-,7-,8+,9+,10+/m1/s1. The topological polar surface area (TPSA) is 74.2 Å². The largest absolute Gasteiger partial charge is 0.454 e. The van der Waals surface area contributed by atoms with E-state index in [1.165, 1.54) is 21.1 Å². The third kappa shape index (κ3) is 2.70. The Balaban J connectivity index is 2.82. The zero-order chi connectivity index (χ0) is 12.3. The lowest BCUT2D eigenvalue weighted by molar-refractivity contribution is -0.290. The maximum Gasteiger partial charge on any atom is 0.303 e. The fraction of sp³-hybridized carbons (Fsp3) is 0.900. The van der Waals surface area contributed by atoms with Crippen molar-refractivity contribution < 1.29 is 28.8 Å². The third-order valence-electron chi connectivity index (χ3n) is 2.59. The van der Waals surface area contributed by atoms with Gasteiger partial charge in [-0.15, -0.1) is 0 Å². The van der Waals surface area contributed by atoms with Crippen molar-refractivity contribution >= 4 is 5.97 Å². The lowest BCUT2D eigenvalue weighted by Crippen LogP contribution is -2.59. The van der Waals surface area contributed by atoms with Gasteiger partial charge in [0.05, 0.1) is 6.10 Å². The fourth-order valence-corrected chi connectivity index (χ4v) is 1.90. The van der Waals surface area contributed by atoms with Crippen LogP contribution < -0.4 is 0 Å². The molecule has 1 rings (SSSR count). The Bertz CT molecular complexity index is 243. The van der Waals surface area contributed by atoms with Crippen LogP contribution in [0.1, 0.15) is 13.8 Å². The minimum Gasteiger partial charge on any atom is -0.454 e. The van der Waals surface area contributed by atoms with Gasteiger partial charge in [0.2, 0.25) is 0 Å². The number of aliphatic hydroxyl groups excluding tert-OH is 1. The number of carbonyl (C=O) groups excluding carboxylic acids is 1. The SMILES string of the molecule is CO[C@H]1[C@H](OC)[C@@H](C)O[C@H](O)[C@H]1OC(C)=O. The smallest absolute Gasteiger partial charge is 0.303 e. The molecule has 0 bridgehead atoms. The number of rotatable bonds is 3. The van der Waals surface area contributed by atoms with Gasteiger partial charge in [0.1, 0.15) is 12.2 Å². The number of hydrogen-bond acceptors (Lipinski definition) is 6. The highest BCUT2D eigenvalue weighted by Crippen LogP contribution is 2.25. The van der Waals surface area contributed by atoms with Gasteiger partial charge in [0.15, 0.2) is 12.4 Å². The molecule has 1 fully saturated rings. The zero-order valence-electron chi connectivity index (χ0n) is 9.88. The highest BCUT2D eigenvalue weighted by Gasteiger charge is 2.46. The molecule has 5 atom stereocenters. The third-order valence-corrected chi connectivity index (χ3v) is 2.59. The van der Waals surface area contributed by atoms with Crippen LogP contribution in [0.25, 0.3) is 0 Å². The zero-order valence-corrected chi connectivity index (χ0v) is 9.88. The first-order valence-corrected chi connectivity index (χ1v) is 5.07. The predicted molar refractivity (Wildman–Crippen MR) is 53.7 cm³/mol. The second-order valence-electron chi connectivity index (χ2n) is 3.71. The second kappa shape index (κ2) is 5.58. The minimum absolute atomic E-state index is 0.336. The van der Waals surface area contributed by atoms with Gasteiger partial charge < -0.3 is 24.1 Å². The number of aliphatic hydroxyl groups is 1. The van der Waals surface area contributed by atoms with Crippen LogP contribution in [-0.2, 0) is 23.7 Å². The number of ether oxygens (including phenoxy) is 4. The number of carbonyl (C=O) groups is 1. The van der Waals surface area contributed by atoms with Crippen LogP contribution in [0, 0.1) is 0 Å². The van der Waals surface area contributed by atoms with Crippen LogP contribution in [-0.4, -0.2) is 56.0 Å². The molecule has 0 unspecified atom stereocenters. The molecule has 1 aliphatic rings. The van der Waals surface area contributed by atoms with Gasteiger partial charge in [0.25, 0.3) is 0 Å². The van der Waals surface area contributed by atoms with E-state index in [-0.39, 0.29) is 6.10 Å². The molecule has 1 saturated heterocycles. The number of methoxy groups -OCH3 is 2. The summed E-state index contributed by atoms with van der Waals surface area (Å²) in [5.41, 5.74) is 0. The van der Waals surface area contributed by atoms with Gasteiger partial charge in [-0.25, -0.2) is 0 Å². The minimum atomic E-state index is -1.20. The van der Waals surface area contributed by atoms with Crippen molar-refractivity contribution in [3.05, 3.63) is 0 Å². The van der Waals surface area contributed by atoms with E-state index in [9.17, 15) is 9.90 Å². The summed E-state index contributed by atoms with van der Waals surface area (Å²) in [5.74, 6) is -0.501. The summed E-state index contributed by atoms with van der Waals surface area (Å²) < 4.78 is 20.6. The normalized spacial score (nSPS) is 39.4. The Hall–Kier alpha value is -0.690. The molecular formula is C10H18O6. The molecule has 0 aromatic rings. The maximum absolute atomic E-state index is 10.9. The van der Waals surface area contributed by atoms with E-state index >= 15 is 0 Å². The van der Waals surface area contributed by atoms with Gasteiger partial charge in [-0.3, -0.25) is 4.79 Å². The Morgan fingerprint density at radius 2 is 1.75 bits per heavy atom. The van der Waals surface area contributed by atoms with Crippen LogP contribution in [0.5, 0.6) is 0 Å². The first-order valence-electron chi connectivity index (χ1n) is 5.07. The van der Waals surface area contributed by atoms with E-state index < -0.39 is 30.6 Å². The van der Waals surface area contributed by atoms with Crippen molar-refractivity contribution in [2.24, 2.45) is 0 Å². The molecule has 0 amide bonds. The summed E-state index contributed by atoms with van der Waals surface area (Å²) in [6.45, 7) is 3.02. The molecule has 94 valence electrons. The second-order valence-corrected chi connectivity index (χ2v) is 3.71. The Morgan fingerprint density at radius 1 is 1.19 bits per heavy atom. The molecule has 0 spiro atoms. The summed E-state index contributed by atoms with van der Waals surface area (Å²) in [5, 5.41) is 9.67. The van der Waals surface area contributed by atoms with Gasteiger partial charge in [-0.1, -0.05) is 0 Å². The van der Waals surface area contributed by atoms with E-state index in [0.29, 0.717) is 0 Å². The predicted octanol–water partition coefficient (Wildman–Crippen LogP) is -0.315. The summed E-state index contributed by atoms with van der Waals surface area (Å²) in [6.07, 6.45) is -3.35. The number of esters is 1. The first kappa shape index (κ1) is 13.4. The molecule has 6 heteroatoms. The molecule has 0 aliphatic carbocycles. The quantitative estimate of drug-likeness (QED) is 0.675. The molecular weight excluding hydrogens is 216 g/mol.